The van der Waals surface area contributed by atoms with Crippen molar-refractivity contribution in [1.82, 2.24) is 0 Å². The quantitative estimate of drug-likeness (QED) is 0.885. The zero-order valence-corrected chi connectivity index (χ0v) is 10.5. The molecule has 1 aliphatic heterocycles. The van der Waals surface area contributed by atoms with Crippen LogP contribution in [0.25, 0.3) is 11.3 Å². The first-order chi connectivity index (χ1) is 9.58. The maximum absolute atomic E-state index is 12.9. The molecule has 1 fully saturated rings. The molecule has 3 rings (SSSR count). The number of aromatic hydroxyl groups is 2. The molecule has 0 spiro atoms. The van der Waals surface area contributed by atoms with Crippen molar-refractivity contribution in [2.24, 2.45) is 0 Å². The Bertz CT molecular complexity index is 663. The van der Waals surface area contributed by atoms with Gasteiger partial charge in [-0.15, -0.1) is 0 Å². The third-order valence-electron chi connectivity index (χ3n) is 3.27. The number of halogens is 1. The standard InChI is InChI=1S/C14H12FNO4/c15-9-5-3-8(4-6-9)13-11(18)12(19)14(20-13)16-7-1-2-10(16)17/h3-6,18-19H,1-2,7H2. The molecular formula is C14H12FNO4. The summed E-state index contributed by atoms with van der Waals surface area (Å²) in [6.07, 6.45) is 1.05. The second kappa shape index (κ2) is 4.56. The van der Waals surface area contributed by atoms with E-state index in [4.69, 9.17) is 4.42 Å². The lowest BCUT2D eigenvalue weighted by atomic mass is 10.1. The Morgan fingerprint density at radius 3 is 2.45 bits per heavy atom. The molecular weight excluding hydrogens is 265 g/mol. The predicted octanol–water partition coefficient (Wildman–Crippen LogP) is 2.62. The third kappa shape index (κ3) is 1.89. The summed E-state index contributed by atoms with van der Waals surface area (Å²) in [5.41, 5.74) is 0.414. The molecule has 0 bridgehead atoms. The minimum absolute atomic E-state index is 0.0113. The van der Waals surface area contributed by atoms with Crippen LogP contribution in [0.5, 0.6) is 11.5 Å². The van der Waals surface area contributed by atoms with Gasteiger partial charge in [-0.25, -0.2) is 4.39 Å². The highest BCUT2D eigenvalue weighted by Gasteiger charge is 2.31. The summed E-state index contributed by atoms with van der Waals surface area (Å²) in [6, 6.07) is 5.27. The van der Waals surface area contributed by atoms with E-state index in [0.717, 1.165) is 0 Å². The molecule has 1 saturated heterocycles. The van der Waals surface area contributed by atoms with Crippen molar-refractivity contribution < 1.29 is 23.8 Å². The van der Waals surface area contributed by atoms with Gasteiger partial charge in [0.2, 0.25) is 23.3 Å². The SMILES string of the molecule is O=C1CCCN1c1oc(-c2ccc(F)cc2)c(O)c1O. The number of nitrogens with zero attached hydrogens (tertiary/aromatic N) is 1. The van der Waals surface area contributed by atoms with Gasteiger partial charge in [-0.2, -0.15) is 0 Å². The van der Waals surface area contributed by atoms with Crippen LogP contribution in [0, 0.1) is 5.82 Å². The molecule has 2 N–H and O–H groups in total. The van der Waals surface area contributed by atoms with E-state index in [1.807, 2.05) is 0 Å². The molecule has 20 heavy (non-hydrogen) atoms. The van der Waals surface area contributed by atoms with Gasteiger partial charge in [0.05, 0.1) is 0 Å². The molecule has 1 aromatic carbocycles. The molecule has 5 nitrogen and oxygen atoms in total. The Hall–Kier alpha value is -2.50. The zero-order valence-electron chi connectivity index (χ0n) is 10.5. The molecule has 1 aliphatic rings. The zero-order chi connectivity index (χ0) is 14.3. The molecule has 0 saturated carbocycles. The average Bonchev–Trinajstić information content (AvgIpc) is 2.97. The number of benzene rings is 1. The maximum Gasteiger partial charge on any atom is 0.249 e. The molecule has 6 heteroatoms. The van der Waals surface area contributed by atoms with Crippen molar-refractivity contribution in [2.45, 2.75) is 12.8 Å². The summed E-state index contributed by atoms with van der Waals surface area (Å²) >= 11 is 0. The van der Waals surface area contributed by atoms with Crippen LogP contribution in [-0.4, -0.2) is 22.7 Å². The van der Waals surface area contributed by atoms with Crippen LogP contribution in [-0.2, 0) is 4.79 Å². The molecule has 2 aromatic rings. The second-order valence-corrected chi connectivity index (χ2v) is 4.59. The van der Waals surface area contributed by atoms with Crippen LogP contribution in [0.3, 0.4) is 0 Å². The van der Waals surface area contributed by atoms with Crippen molar-refractivity contribution in [1.29, 1.82) is 0 Å². The number of amides is 1. The summed E-state index contributed by atoms with van der Waals surface area (Å²) in [5, 5.41) is 19.8. The number of furan rings is 1. The van der Waals surface area contributed by atoms with E-state index in [0.29, 0.717) is 24.9 Å². The number of hydrogen-bond donors (Lipinski definition) is 2. The number of anilines is 1. The molecule has 1 aromatic heterocycles. The van der Waals surface area contributed by atoms with Crippen LogP contribution >= 0.6 is 0 Å². The Kier molecular flexibility index (Phi) is 2.85. The summed E-state index contributed by atoms with van der Waals surface area (Å²) in [6.45, 7) is 0.433. The summed E-state index contributed by atoms with van der Waals surface area (Å²) < 4.78 is 18.3. The largest absolute Gasteiger partial charge is 0.502 e. The monoisotopic (exact) mass is 277 g/mol. The van der Waals surface area contributed by atoms with Gasteiger partial charge in [0.1, 0.15) is 5.82 Å². The number of carbonyl (C=O) groups excluding carboxylic acids is 1. The first kappa shape index (κ1) is 12.5. The van der Waals surface area contributed by atoms with E-state index in [1.54, 1.807) is 0 Å². The molecule has 0 radical (unpaired) electrons. The number of hydrogen-bond acceptors (Lipinski definition) is 4. The lowest BCUT2D eigenvalue weighted by molar-refractivity contribution is -0.117. The number of rotatable bonds is 2. The van der Waals surface area contributed by atoms with E-state index < -0.39 is 17.3 Å². The van der Waals surface area contributed by atoms with Crippen LogP contribution < -0.4 is 4.90 Å². The lowest BCUT2D eigenvalue weighted by Crippen LogP contribution is -2.23. The summed E-state index contributed by atoms with van der Waals surface area (Å²) in [5.74, 6) is -1.56. The van der Waals surface area contributed by atoms with E-state index in [1.165, 1.54) is 29.2 Å². The summed E-state index contributed by atoms with van der Waals surface area (Å²) in [7, 11) is 0. The van der Waals surface area contributed by atoms with E-state index in [2.05, 4.69) is 0 Å². The minimum atomic E-state index is -0.473. The first-order valence-corrected chi connectivity index (χ1v) is 6.19. The fraction of sp³-hybridized carbons (Fsp3) is 0.214. The normalized spacial score (nSPS) is 15.1. The van der Waals surface area contributed by atoms with Gasteiger partial charge < -0.3 is 14.6 Å². The topological polar surface area (TPSA) is 73.9 Å². The Morgan fingerprint density at radius 1 is 1.15 bits per heavy atom. The van der Waals surface area contributed by atoms with Crippen LogP contribution in [0.4, 0.5) is 10.3 Å². The van der Waals surface area contributed by atoms with E-state index in [9.17, 15) is 19.4 Å². The molecule has 2 heterocycles. The van der Waals surface area contributed by atoms with Crippen molar-refractivity contribution in [3.63, 3.8) is 0 Å². The first-order valence-electron chi connectivity index (χ1n) is 6.19. The Balaban J connectivity index is 2.05. The second-order valence-electron chi connectivity index (χ2n) is 4.59. The molecule has 1 amide bonds. The van der Waals surface area contributed by atoms with E-state index in [-0.39, 0.29) is 17.6 Å². The molecule has 0 unspecified atom stereocenters. The minimum Gasteiger partial charge on any atom is -0.502 e. The highest BCUT2D eigenvalue weighted by Crippen LogP contribution is 2.47. The van der Waals surface area contributed by atoms with Crippen molar-refractivity contribution >= 4 is 11.8 Å². The number of carbonyl (C=O) groups is 1. The van der Waals surface area contributed by atoms with Crippen LogP contribution in [0.2, 0.25) is 0 Å². The Labute approximate surface area is 113 Å². The van der Waals surface area contributed by atoms with Gasteiger partial charge in [-0.3, -0.25) is 9.69 Å². The van der Waals surface area contributed by atoms with Gasteiger partial charge >= 0.3 is 0 Å². The third-order valence-corrected chi connectivity index (χ3v) is 3.27. The van der Waals surface area contributed by atoms with Gasteiger partial charge in [0.25, 0.3) is 0 Å². The smallest absolute Gasteiger partial charge is 0.249 e. The van der Waals surface area contributed by atoms with Gasteiger partial charge in [-0.05, 0) is 30.7 Å². The van der Waals surface area contributed by atoms with Crippen molar-refractivity contribution in [3.05, 3.63) is 30.1 Å². The van der Waals surface area contributed by atoms with Gasteiger partial charge in [0, 0.05) is 18.5 Å². The van der Waals surface area contributed by atoms with Crippen molar-refractivity contribution in [3.8, 4) is 22.8 Å². The summed E-state index contributed by atoms with van der Waals surface area (Å²) in [4.78, 5) is 12.9. The molecule has 104 valence electrons. The average molecular weight is 277 g/mol. The molecule has 0 aliphatic carbocycles. The van der Waals surface area contributed by atoms with Gasteiger partial charge in [0.15, 0.2) is 5.76 Å². The van der Waals surface area contributed by atoms with Crippen LogP contribution in [0.15, 0.2) is 28.7 Å². The highest BCUT2D eigenvalue weighted by atomic mass is 19.1. The highest BCUT2D eigenvalue weighted by molar-refractivity contribution is 5.96. The fourth-order valence-corrected chi connectivity index (χ4v) is 2.24. The van der Waals surface area contributed by atoms with Crippen molar-refractivity contribution in [2.75, 3.05) is 11.4 Å². The fourth-order valence-electron chi connectivity index (χ4n) is 2.24. The molecule has 0 atom stereocenters. The predicted molar refractivity (Wildman–Crippen MR) is 69.0 cm³/mol. The lowest BCUT2D eigenvalue weighted by Gasteiger charge is -2.11. The van der Waals surface area contributed by atoms with Gasteiger partial charge in [-0.1, -0.05) is 0 Å². The Morgan fingerprint density at radius 2 is 1.85 bits per heavy atom. The maximum atomic E-state index is 12.9. The van der Waals surface area contributed by atoms with E-state index >= 15 is 0 Å². The van der Waals surface area contributed by atoms with Crippen LogP contribution in [0.1, 0.15) is 12.8 Å².